The molecular weight excluding hydrogens is 268 g/mol. The number of hydrogen-bond donors (Lipinski definition) is 3. The first-order valence-corrected chi connectivity index (χ1v) is 8.42. The summed E-state index contributed by atoms with van der Waals surface area (Å²) in [6, 6.07) is 0. The molecule has 0 heterocycles. The smallest absolute Gasteiger partial charge is 0.396 e. The van der Waals surface area contributed by atoms with E-state index in [1.54, 1.807) is 0 Å². The van der Waals surface area contributed by atoms with Crippen LogP contribution in [0.3, 0.4) is 0 Å². The predicted octanol–water partition coefficient (Wildman–Crippen LogP) is 0.940. The fourth-order valence-corrected chi connectivity index (χ4v) is 1.89. The van der Waals surface area contributed by atoms with Crippen molar-refractivity contribution in [1.82, 2.24) is 4.98 Å². The molecule has 0 aliphatic heterocycles. The number of amides is 2. The highest BCUT2D eigenvalue weighted by Gasteiger charge is 2.13. The van der Waals surface area contributed by atoms with Crippen LogP contribution in [0.15, 0.2) is 0 Å². The summed E-state index contributed by atoms with van der Waals surface area (Å²) in [5, 5.41) is 8.53. The Morgan fingerprint density at radius 2 is 1.56 bits per heavy atom. The summed E-state index contributed by atoms with van der Waals surface area (Å²) < 4.78 is 4.68. The molecule has 0 atom stereocenters. The molecule has 8 heteroatoms. The van der Waals surface area contributed by atoms with Gasteiger partial charge in [0.15, 0.2) is 0 Å². The number of nitrogens with one attached hydrogen (secondary N) is 1. The summed E-state index contributed by atoms with van der Waals surface area (Å²) in [7, 11) is -1.42. The van der Waals surface area contributed by atoms with E-state index < -0.39 is 31.6 Å². The van der Waals surface area contributed by atoms with E-state index in [9.17, 15) is 9.59 Å². The third-order valence-electron chi connectivity index (χ3n) is 1.42. The molecule has 0 rings (SSSR count). The Labute approximate surface area is 114 Å². The van der Waals surface area contributed by atoms with E-state index in [-0.39, 0.29) is 10.1 Å². The monoisotopic (exact) mass is 294 g/mol. The van der Waals surface area contributed by atoms with Gasteiger partial charge in [0.25, 0.3) is 0 Å². The second kappa shape index (κ2) is 8.14. The second-order valence-electron chi connectivity index (χ2n) is 6.39. The summed E-state index contributed by atoms with van der Waals surface area (Å²) in [5.41, 5.74) is 4.77. The molecule has 0 unspecified atom stereocenters. The number of rotatable bonds is 2. The van der Waals surface area contributed by atoms with Crippen LogP contribution in [-0.2, 0) is 4.43 Å². The van der Waals surface area contributed by atoms with E-state index in [1.807, 2.05) is 41.5 Å². The Bertz CT molecular complexity index is 244. The molecule has 0 aliphatic carbocycles. The highest BCUT2D eigenvalue weighted by molar-refractivity contribution is 6.40. The highest BCUT2D eigenvalue weighted by Crippen LogP contribution is 2.19. The lowest BCUT2D eigenvalue weighted by atomic mass is 10.3. The SMILES string of the molecule is CC(C)(C)[SiH2]NC(=O)O.CC(C)(C)[SiH2]OC(N)=O. The Morgan fingerprint density at radius 1 is 1.11 bits per heavy atom. The van der Waals surface area contributed by atoms with Crippen LogP contribution < -0.4 is 10.7 Å². The molecule has 0 fully saturated rings. The Kier molecular flexibility index (Phi) is 8.74. The van der Waals surface area contributed by atoms with Crippen molar-refractivity contribution in [2.45, 2.75) is 51.6 Å². The first kappa shape index (κ1) is 19.3. The molecule has 18 heavy (non-hydrogen) atoms. The molecule has 0 aromatic rings. The van der Waals surface area contributed by atoms with Crippen LogP contribution in [0.5, 0.6) is 0 Å². The third kappa shape index (κ3) is 24.3. The van der Waals surface area contributed by atoms with Gasteiger partial charge in [-0.1, -0.05) is 41.5 Å². The minimum atomic E-state index is -0.892. The van der Waals surface area contributed by atoms with Crippen molar-refractivity contribution in [2.75, 3.05) is 0 Å². The first-order valence-electron chi connectivity index (χ1n) is 5.72. The minimum Gasteiger partial charge on any atom is -0.509 e. The van der Waals surface area contributed by atoms with Gasteiger partial charge in [-0.3, -0.25) is 0 Å². The van der Waals surface area contributed by atoms with Gasteiger partial charge in [0.2, 0.25) is 9.76 Å². The lowest BCUT2D eigenvalue weighted by molar-refractivity contribution is 0.200. The zero-order valence-corrected chi connectivity index (χ0v) is 15.0. The zero-order chi connectivity index (χ0) is 15.0. The number of carboxylic acid groups (broad SMARTS) is 1. The summed E-state index contributed by atoms with van der Waals surface area (Å²) in [6.07, 6.45) is -1.53. The van der Waals surface area contributed by atoms with Gasteiger partial charge in [0.05, 0.1) is 0 Å². The summed E-state index contributed by atoms with van der Waals surface area (Å²) >= 11 is 0. The molecule has 0 aliphatic rings. The van der Waals surface area contributed by atoms with Crippen LogP contribution in [0.4, 0.5) is 9.59 Å². The van der Waals surface area contributed by atoms with Crippen LogP contribution in [0.2, 0.25) is 10.1 Å². The number of carbonyl (C=O) groups is 2. The maximum atomic E-state index is 10.1. The topological polar surface area (TPSA) is 102 Å². The van der Waals surface area contributed by atoms with Crippen molar-refractivity contribution in [1.29, 1.82) is 0 Å². The molecule has 0 saturated heterocycles. The van der Waals surface area contributed by atoms with E-state index in [2.05, 4.69) is 9.41 Å². The summed E-state index contributed by atoms with van der Waals surface area (Å²) in [5.74, 6) is 0. The van der Waals surface area contributed by atoms with Crippen LogP contribution in [-0.4, -0.2) is 36.7 Å². The van der Waals surface area contributed by atoms with E-state index in [4.69, 9.17) is 10.8 Å². The van der Waals surface area contributed by atoms with Crippen LogP contribution >= 0.6 is 0 Å². The standard InChI is InChI=1S/2C5H13NO2Si/c1-5(2,3)9-8-4(6)7;1-5(2,3)9-6-4(7)8/h9H2,1-3H3,(H2,6,7);6H,9H2,1-3H3,(H,7,8). The Morgan fingerprint density at radius 3 is 1.67 bits per heavy atom. The molecule has 0 aromatic heterocycles. The quantitative estimate of drug-likeness (QED) is 0.660. The molecule has 0 saturated carbocycles. The van der Waals surface area contributed by atoms with Crippen molar-refractivity contribution < 1.29 is 19.1 Å². The largest absolute Gasteiger partial charge is 0.509 e. The lowest BCUT2D eigenvalue weighted by Crippen LogP contribution is -2.31. The predicted molar refractivity (Wildman–Crippen MR) is 78.3 cm³/mol. The molecule has 0 aromatic carbocycles. The zero-order valence-electron chi connectivity index (χ0n) is 12.2. The van der Waals surface area contributed by atoms with Gasteiger partial charge in [-0.15, -0.1) is 0 Å². The second-order valence-corrected chi connectivity index (χ2v) is 11.9. The molecule has 2 amide bonds. The fourth-order valence-electron chi connectivity index (χ4n) is 0.628. The molecule has 0 spiro atoms. The van der Waals surface area contributed by atoms with Gasteiger partial charge in [-0.05, 0) is 10.1 Å². The van der Waals surface area contributed by atoms with E-state index in [0.29, 0.717) is 0 Å². The normalized spacial score (nSPS) is 12.3. The third-order valence-corrected chi connectivity index (χ3v) is 4.25. The van der Waals surface area contributed by atoms with Crippen molar-refractivity contribution in [3.05, 3.63) is 0 Å². The van der Waals surface area contributed by atoms with Crippen LogP contribution in [0, 0.1) is 0 Å². The van der Waals surface area contributed by atoms with Crippen molar-refractivity contribution >= 4 is 31.6 Å². The molecule has 4 N–H and O–H groups in total. The maximum Gasteiger partial charge on any atom is 0.396 e. The molecular formula is C10H26N2O4Si2. The number of primary amides is 1. The van der Waals surface area contributed by atoms with E-state index in [0.717, 1.165) is 0 Å². The van der Waals surface area contributed by atoms with E-state index >= 15 is 0 Å². The van der Waals surface area contributed by atoms with Crippen LogP contribution in [0.1, 0.15) is 41.5 Å². The van der Waals surface area contributed by atoms with Crippen molar-refractivity contribution in [3.8, 4) is 0 Å². The van der Waals surface area contributed by atoms with Crippen molar-refractivity contribution in [2.24, 2.45) is 5.73 Å². The highest BCUT2D eigenvalue weighted by atomic mass is 28.2. The molecule has 108 valence electrons. The minimum absolute atomic E-state index is 0.148. The van der Waals surface area contributed by atoms with Gasteiger partial charge in [-0.2, -0.15) is 0 Å². The van der Waals surface area contributed by atoms with E-state index in [1.165, 1.54) is 0 Å². The fraction of sp³-hybridized carbons (Fsp3) is 0.800. The molecule has 0 radical (unpaired) electrons. The van der Waals surface area contributed by atoms with Gasteiger partial charge >= 0.3 is 12.2 Å². The molecule has 0 bridgehead atoms. The first-order chi connectivity index (χ1) is 7.83. The Hall–Kier alpha value is -1.03. The number of carbonyl (C=O) groups excluding carboxylic acids is 1. The average Bonchev–Trinajstić information content (AvgIpc) is 2.10. The number of hydrogen-bond acceptors (Lipinski definition) is 3. The maximum absolute atomic E-state index is 10.1. The van der Waals surface area contributed by atoms with Crippen LogP contribution in [0.25, 0.3) is 0 Å². The Balaban J connectivity index is 0. The lowest BCUT2D eigenvalue weighted by Gasteiger charge is -2.15. The van der Waals surface area contributed by atoms with Crippen molar-refractivity contribution in [3.63, 3.8) is 0 Å². The number of nitrogens with two attached hydrogens (primary N) is 1. The van der Waals surface area contributed by atoms with Gasteiger partial charge in [0.1, 0.15) is 9.68 Å². The van der Waals surface area contributed by atoms with Gasteiger partial charge < -0.3 is 20.2 Å². The van der Waals surface area contributed by atoms with Gasteiger partial charge in [0, 0.05) is 0 Å². The molecule has 6 nitrogen and oxygen atoms in total. The van der Waals surface area contributed by atoms with Gasteiger partial charge in [-0.25, -0.2) is 9.59 Å². The average molecular weight is 295 g/mol. The summed E-state index contributed by atoms with van der Waals surface area (Å²) in [4.78, 5) is 22.5. The summed E-state index contributed by atoms with van der Waals surface area (Å²) in [6.45, 7) is 12.2.